The van der Waals surface area contributed by atoms with Crippen LogP contribution in [0.5, 0.6) is 0 Å². The van der Waals surface area contributed by atoms with Crippen molar-refractivity contribution in [2.75, 3.05) is 24.8 Å². The third kappa shape index (κ3) is 6.43. The van der Waals surface area contributed by atoms with Crippen LogP contribution in [0.4, 0.5) is 4.39 Å². The summed E-state index contributed by atoms with van der Waals surface area (Å²) in [5.41, 5.74) is 1.75. The van der Waals surface area contributed by atoms with Gasteiger partial charge in [0, 0.05) is 11.3 Å². The number of esters is 1. The molecular formula is C22H23FN2O6S. The van der Waals surface area contributed by atoms with Crippen LogP contribution in [-0.2, 0) is 25.6 Å². The summed E-state index contributed by atoms with van der Waals surface area (Å²) in [7, 11) is 0. The minimum absolute atomic E-state index is 0.0193. The maximum atomic E-state index is 14.6. The summed E-state index contributed by atoms with van der Waals surface area (Å²) in [6, 6.07) is 13.2. The number of amides is 1. The summed E-state index contributed by atoms with van der Waals surface area (Å²) >= 11 is 1.45. The number of carbonyl (C=O) groups is 2. The van der Waals surface area contributed by atoms with E-state index in [-0.39, 0.29) is 25.5 Å². The molecule has 1 unspecified atom stereocenters. The van der Waals surface area contributed by atoms with E-state index in [0.29, 0.717) is 35.6 Å². The lowest BCUT2D eigenvalue weighted by Gasteiger charge is -2.22. The Morgan fingerprint density at radius 3 is 2.62 bits per heavy atom. The Kier molecular flexibility index (Phi) is 8.43. The molecule has 32 heavy (non-hydrogen) atoms. The molecule has 1 aliphatic rings. The fraction of sp³-hybridized carbons (Fsp3) is 0.364. The van der Waals surface area contributed by atoms with Crippen molar-refractivity contribution in [3.05, 3.63) is 70.0 Å². The minimum atomic E-state index is -0.869. The first kappa shape index (κ1) is 23.5. The molecule has 1 fully saturated rings. The average Bonchev–Trinajstić information content (AvgIpc) is 3.27. The minimum Gasteiger partial charge on any atom is -0.464 e. The smallest absolute Gasteiger partial charge is 0.329 e. The summed E-state index contributed by atoms with van der Waals surface area (Å²) in [4.78, 5) is 40.9. The van der Waals surface area contributed by atoms with Crippen LogP contribution in [0.1, 0.15) is 18.4 Å². The van der Waals surface area contributed by atoms with Crippen molar-refractivity contribution in [2.24, 2.45) is 0 Å². The van der Waals surface area contributed by atoms with Crippen molar-refractivity contribution < 1.29 is 28.6 Å². The van der Waals surface area contributed by atoms with Crippen molar-refractivity contribution >= 4 is 23.6 Å². The van der Waals surface area contributed by atoms with Crippen molar-refractivity contribution in [3.63, 3.8) is 0 Å². The number of benzene rings is 2. The predicted octanol–water partition coefficient (Wildman–Crippen LogP) is 3.47. The monoisotopic (exact) mass is 462 g/mol. The first-order valence-corrected chi connectivity index (χ1v) is 11.3. The van der Waals surface area contributed by atoms with E-state index in [1.165, 1.54) is 22.7 Å². The molecular weight excluding hydrogens is 439 g/mol. The van der Waals surface area contributed by atoms with Crippen LogP contribution < -0.4 is 0 Å². The van der Waals surface area contributed by atoms with E-state index in [1.54, 1.807) is 12.1 Å². The van der Waals surface area contributed by atoms with E-state index in [2.05, 4.69) is 4.84 Å². The average molecular weight is 462 g/mol. The molecule has 8 nitrogen and oxygen atoms in total. The zero-order valence-electron chi connectivity index (χ0n) is 17.3. The van der Waals surface area contributed by atoms with Crippen molar-refractivity contribution in [1.29, 1.82) is 0 Å². The molecule has 0 saturated carbocycles. The Hall–Kier alpha value is -3.14. The van der Waals surface area contributed by atoms with Gasteiger partial charge in [-0.15, -0.1) is 21.9 Å². The SMILES string of the molecule is O=C(OCCCCO[N+](=O)[O-])C1CSCN1C(=O)Cc1ccc(-c2ccccc2)c(F)c1. The molecule has 3 rings (SSSR count). The molecule has 1 atom stereocenters. The zero-order valence-corrected chi connectivity index (χ0v) is 18.1. The van der Waals surface area contributed by atoms with Gasteiger partial charge in [0.25, 0.3) is 5.09 Å². The second kappa shape index (κ2) is 11.5. The molecule has 1 heterocycles. The molecule has 0 aromatic heterocycles. The molecule has 0 radical (unpaired) electrons. The quantitative estimate of drug-likeness (QED) is 0.231. The van der Waals surface area contributed by atoms with Gasteiger partial charge < -0.3 is 14.5 Å². The number of hydrogen-bond donors (Lipinski definition) is 0. The number of ether oxygens (including phenoxy) is 1. The van der Waals surface area contributed by atoms with Gasteiger partial charge in [0.05, 0.1) is 25.5 Å². The Balaban J connectivity index is 1.52. The van der Waals surface area contributed by atoms with Crippen LogP contribution >= 0.6 is 11.8 Å². The Morgan fingerprint density at radius 2 is 1.91 bits per heavy atom. The highest BCUT2D eigenvalue weighted by atomic mass is 32.2. The van der Waals surface area contributed by atoms with Crippen molar-refractivity contribution in [2.45, 2.75) is 25.3 Å². The maximum absolute atomic E-state index is 14.6. The van der Waals surface area contributed by atoms with Crippen LogP contribution in [0.15, 0.2) is 48.5 Å². The van der Waals surface area contributed by atoms with Crippen molar-refractivity contribution in [3.8, 4) is 11.1 Å². The fourth-order valence-electron chi connectivity index (χ4n) is 3.29. The first-order valence-electron chi connectivity index (χ1n) is 10.1. The molecule has 0 N–H and O–H groups in total. The molecule has 2 aromatic carbocycles. The summed E-state index contributed by atoms with van der Waals surface area (Å²) in [5.74, 6) is -0.405. The largest absolute Gasteiger partial charge is 0.464 e. The topological polar surface area (TPSA) is 99.0 Å². The van der Waals surface area contributed by atoms with E-state index < -0.39 is 22.9 Å². The van der Waals surface area contributed by atoms with Gasteiger partial charge in [-0.05, 0) is 30.0 Å². The second-order valence-electron chi connectivity index (χ2n) is 7.17. The lowest BCUT2D eigenvalue weighted by Crippen LogP contribution is -2.43. The van der Waals surface area contributed by atoms with E-state index in [1.807, 2.05) is 30.3 Å². The van der Waals surface area contributed by atoms with Gasteiger partial charge >= 0.3 is 5.97 Å². The van der Waals surface area contributed by atoms with Crippen molar-refractivity contribution in [1.82, 2.24) is 4.90 Å². The number of nitrogens with zero attached hydrogens (tertiary/aromatic N) is 2. The third-order valence-corrected chi connectivity index (χ3v) is 5.94. The molecule has 10 heteroatoms. The van der Waals surface area contributed by atoms with Crippen LogP contribution in [0.2, 0.25) is 0 Å². The normalized spacial score (nSPS) is 15.4. The van der Waals surface area contributed by atoms with Gasteiger partial charge in [0.2, 0.25) is 5.91 Å². The highest BCUT2D eigenvalue weighted by Gasteiger charge is 2.35. The van der Waals surface area contributed by atoms with E-state index >= 15 is 0 Å². The molecule has 1 amide bonds. The number of halogens is 1. The van der Waals surface area contributed by atoms with E-state index in [4.69, 9.17) is 4.74 Å². The van der Waals surface area contributed by atoms with Crippen LogP contribution in [0.3, 0.4) is 0 Å². The van der Waals surface area contributed by atoms with Crippen LogP contribution in [0.25, 0.3) is 11.1 Å². The molecule has 1 aliphatic heterocycles. The molecule has 2 aromatic rings. The Bertz CT molecular complexity index is 959. The summed E-state index contributed by atoms with van der Waals surface area (Å²) in [5, 5.41) is 9.21. The highest BCUT2D eigenvalue weighted by molar-refractivity contribution is 7.99. The van der Waals surface area contributed by atoms with Gasteiger partial charge in [-0.2, -0.15) is 0 Å². The van der Waals surface area contributed by atoms with Crippen LogP contribution in [-0.4, -0.2) is 52.7 Å². The lowest BCUT2D eigenvalue weighted by molar-refractivity contribution is -0.757. The predicted molar refractivity (Wildman–Crippen MR) is 117 cm³/mol. The van der Waals surface area contributed by atoms with Gasteiger partial charge in [-0.25, -0.2) is 9.18 Å². The van der Waals surface area contributed by atoms with Gasteiger partial charge in [0.1, 0.15) is 11.9 Å². The van der Waals surface area contributed by atoms with E-state index in [0.717, 1.165) is 5.56 Å². The number of rotatable bonds is 10. The standard InChI is InChI=1S/C22H23FN2O6S/c23-19-12-16(8-9-18(19)17-6-2-1-3-7-17)13-21(26)24-15-32-14-20(24)22(27)30-10-4-5-11-31-25(28)29/h1-3,6-9,12,20H,4-5,10-11,13-15H2. The first-order chi connectivity index (χ1) is 15.5. The molecule has 0 bridgehead atoms. The van der Waals surface area contributed by atoms with Gasteiger partial charge in [-0.3, -0.25) is 4.79 Å². The Labute approximate surface area is 188 Å². The third-order valence-electron chi connectivity index (χ3n) is 4.93. The van der Waals surface area contributed by atoms with Gasteiger partial charge in [0.15, 0.2) is 0 Å². The number of hydrogen-bond acceptors (Lipinski definition) is 7. The zero-order chi connectivity index (χ0) is 22.9. The second-order valence-corrected chi connectivity index (χ2v) is 8.17. The number of carbonyl (C=O) groups excluding carboxylic acids is 2. The van der Waals surface area contributed by atoms with Gasteiger partial charge in [-0.1, -0.05) is 42.5 Å². The maximum Gasteiger partial charge on any atom is 0.329 e. The summed E-state index contributed by atoms with van der Waals surface area (Å²) < 4.78 is 19.8. The number of unbranched alkanes of at least 4 members (excludes halogenated alkanes) is 1. The summed E-state index contributed by atoms with van der Waals surface area (Å²) in [6.45, 7) is 0.0311. The number of thioether (sulfide) groups is 1. The molecule has 0 aliphatic carbocycles. The molecule has 1 saturated heterocycles. The highest BCUT2D eigenvalue weighted by Crippen LogP contribution is 2.26. The van der Waals surface area contributed by atoms with Crippen LogP contribution in [0, 0.1) is 15.9 Å². The molecule has 0 spiro atoms. The lowest BCUT2D eigenvalue weighted by atomic mass is 10.0. The fourth-order valence-corrected chi connectivity index (χ4v) is 4.46. The summed E-state index contributed by atoms with van der Waals surface area (Å²) in [6.07, 6.45) is 0.774. The Morgan fingerprint density at radius 1 is 1.16 bits per heavy atom. The van der Waals surface area contributed by atoms with E-state index in [9.17, 15) is 24.1 Å². The molecule has 170 valence electrons.